The maximum Gasteiger partial charge on any atom is 0.339 e. The minimum atomic E-state index is -0.664. The molecule has 0 saturated heterocycles. The Labute approximate surface area is 200 Å². The molecule has 1 aliphatic carbocycles. The second-order valence-electron chi connectivity index (χ2n) is 7.73. The lowest BCUT2D eigenvalue weighted by molar-refractivity contribution is -0.129. The number of primary amides is 1. The molecule has 0 unspecified atom stereocenters. The zero-order chi connectivity index (χ0) is 23.8. The Morgan fingerprint density at radius 2 is 1.85 bits per heavy atom. The largest absolute Gasteiger partial charge is 0.452 e. The molecule has 0 bridgehead atoms. The lowest BCUT2D eigenvalue weighted by Gasteiger charge is -2.31. The van der Waals surface area contributed by atoms with Crippen molar-refractivity contribution in [3.63, 3.8) is 0 Å². The normalized spacial score (nSPS) is 13.8. The fourth-order valence-corrected chi connectivity index (χ4v) is 5.42. The summed E-state index contributed by atoms with van der Waals surface area (Å²) < 4.78 is 5.16. The highest BCUT2D eigenvalue weighted by Gasteiger charge is 2.23. The van der Waals surface area contributed by atoms with Gasteiger partial charge >= 0.3 is 5.97 Å². The maximum atomic E-state index is 12.6. The molecule has 1 fully saturated rings. The van der Waals surface area contributed by atoms with Gasteiger partial charge in [-0.15, -0.1) is 23.1 Å². The van der Waals surface area contributed by atoms with Crippen molar-refractivity contribution in [1.29, 1.82) is 0 Å². The Morgan fingerprint density at radius 3 is 2.58 bits per heavy atom. The molecule has 176 valence electrons. The van der Waals surface area contributed by atoms with Gasteiger partial charge in [-0.25, -0.2) is 4.79 Å². The van der Waals surface area contributed by atoms with Gasteiger partial charge in [-0.05, 0) is 36.4 Å². The lowest BCUT2D eigenvalue weighted by atomic mass is 9.94. The van der Waals surface area contributed by atoms with E-state index < -0.39 is 24.4 Å². The molecule has 0 spiro atoms. The van der Waals surface area contributed by atoms with E-state index in [0.717, 1.165) is 37.0 Å². The van der Waals surface area contributed by atoms with Crippen LogP contribution in [0.5, 0.6) is 0 Å². The number of thiophene rings is 1. The molecule has 0 aliphatic heterocycles. The van der Waals surface area contributed by atoms with Crippen molar-refractivity contribution in [2.45, 2.75) is 43.0 Å². The number of nitrogens with one attached hydrogen (secondary N) is 1. The first-order chi connectivity index (χ1) is 15.9. The number of hydrogen-bond acceptors (Lipinski definition) is 7. The standard InChI is InChI=1S/C23H27N3O5S2/c1-26(15-7-3-2-4-8-15)20(28)14-33-18-10-6-5-9-16(18)23(30)31-13-19(27)25-22-17(21(24)29)11-12-32-22/h5-6,9-12,15H,2-4,7-8,13-14H2,1H3,(H2,24,29)(H,25,27). The maximum absolute atomic E-state index is 12.6. The Kier molecular flexibility index (Phi) is 8.90. The molecule has 3 rings (SSSR count). The van der Waals surface area contributed by atoms with E-state index in [0.29, 0.717) is 9.90 Å². The number of amides is 3. The van der Waals surface area contributed by atoms with Crippen LogP contribution in [0.25, 0.3) is 0 Å². The van der Waals surface area contributed by atoms with Gasteiger partial charge in [-0.2, -0.15) is 0 Å². The summed E-state index contributed by atoms with van der Waals surface area (Å²) in [5, 5.41) is 4.46. The van der Waals surface area contributed by atoms with Crippen molar-refractivity contribution in [3.05, 3.63) is 46.8 Å². The van der Waals surface area contributed by atoms with E-state index in [-0.39, 0.29) is 28.8 Å². The van der Waals surface area contributed by atoms with E-state index in [1.54, 1.807) is 29.6 Å². The molecule has 0 atom stereocenters. The van der Waals surface area contributed by atoms with Crippen LogP contribution in [-0.4, -0.2) is 54.0 Å². The SMILES string of the molecule is CN(C(=O)CSc1ccccc1C(=O)OCC(=O)Nc1sccc1C(N)=O)C1CCCCC1. The lowest BCUT2D eigenvalue weighted by Crippen LogP contribution is -2.39. The fraction of sp³-hybridized carbons (Fsp3) is 0.391. The number of nitrogens with two attached hydrogens (primary N) is 1. The molecule has 3 N–H and O–H groups in total. The van der Waals surface area contributed by atoms with Crippen molar-refractivity contribution in [1.82, 2.24) is 4.90 Å². The highest BCUT2D eigenvalue weighted by molar-refractivity contribution is 8.00. The minimum absolute atomic E-state index is 0.0238. The summed E-state index contributed by atoms with van der Waals surface area (Å²) in [7, 11) is 1.84. The third-order valence-electron chi connectivity index (χ3n) is 5.49. The van der Waals surface area contributed by atoms with Gasteiger partial charge in [0.25, 0.3) is 11.8 Å². The van der Waals surface area contributed by atoms with E-state index in [2.05, 4.69) is 5.32 Å². The number of nitrogens with zero attached hydrogens (tertiary/aromatic N) is 1. The van der Waals surface area contributed by atoms with Gasteiger partial charge in [0.15, 0.2) is 6.61 Å². The Morgan fingerprint density at radius 1 is 1.12 bits per heavy atom. The van der Waals surface area contributed by atoms with Crippen LogP contribution >= 0.6 is 23.1 Å². The quantitative estimate of drug-likeness (QED) is 0.411. The highest BCUT2D eigenvalue weighted by Crippen LogP contribution is 2.26. The number of rotatable bonds is 9. The number of carbonyl (C=O) groups excluding carboxylic acids is 4. The van der Waals surface area contributed by atoms with E-state index in [9.17, 15) is 19.2 Å². The summed E-state index contributed by atoms with van der Waals surface area (Å²) in [6, 6.07) is 8.62. The molecule has 1 heterocycles. The second-order valence-corrected chi connectivity index (χ2v) is 9.67. The first kappa shape index (κ1) is 24.8. The van der Waals surface area contributed by atoms with Crippen LogP contribution in [0.3, 0.4) is 0 Å². The predicted octanol–water partition coefficient (Wildman–Crippen LogP) is 3.53. The monoisotopic (exact) mass is 489 g/mol. The predicted molar refractivity (Wildman–Crippen MR) is 129 cm³/mol. The van der Waals surface area contributed by atoms with Crippen molar-refractivity contribution in [2.75, 3.05) is 24.7 Å². The molecule has 10 heteroatoms. The number of thioether (sulfide) groups is 1. The third-order valence-corrected chi connectivity index (χ3v) is 7.38. The first-order valence-corrected chi connectivity index (χ1v) is 12.5. The average molecular weight is 490 g/mol. The number of anilines is 1. The van der Waals surface area contributed by atoms with E-state index >= 15 is 0 Å². The summed E-state index contributed by atoms with van der Waals surface area (Å²) in [5.74, 6) is -1.66. The Balaban J connectivity index is 1.53. The summed E-state index contributed by atoms with van der Waals surface area (Å²) in [4.78, 5) is 51.2. The molecule has 3 amide bonds. The molecule has 1 aliphatic rings. The summed E-state index contributed by atoms with van der Waals surface area (Å²) in [6.45, 7) is -0.517. The zero-order valence-electron chi connectivity index (χ0n) is 18.4. The summed E-state index contributed by atoms with van der Waals surface area (Å²) >= 11 is 2.43. The van der Waals surface area contributed by atoms with Gasteiger partial charge in [-0.1, -0.05) is 31.4 Å². The van der Waals surface area contributed by atoms with Gasteiger partial charge in [0.1, 0.15) is 5.00 Å². The molecule has 1 aromatic carbocycles. The second kappa shape index (κ2) is 11.9. The molecule has 33 heavy (non-hydrogen) atoms. The van der Waals surface area contributed by atoms with Gasteiger partial charge < -0.3 is 20.7 Å². The molecular formula is C23H27N3O5S2. The van der Waals surface area contributed by atoms with Gasteiger partial charge in [0, 0.05) is 18.0 Å². The van der Waals surface area contributed by atoms with Crippen LogP contribution in [0.15, 0.2) is 40.6 Å². The van der Waals surface area contributed by atoms with E-state index in [1.165, 1.54) is 24.2 Å². The topological polar surface area (TPSA) is 119 Å². The number of hydrogen-bond donors (Lipinski definition) is 2. The molecular weight excluding hydrogens is 462 g/mol. The molecule has 0 radical (unpaired) electrons. The van der Waals surface area contributed by atoms with E-state index in [4.69, 9.17) is 10.5 Å². The minimum Gasteiger partial charge on any atom is -0.452 e. The van der Waals surface area contributed by atoms with E-state index in [1.807, 2.05) is 11.9 Å². The van der Waals surface area contributed by atoms with Crippen molar-refractivity contribution in [2.24, 2.45) is 5.73 Å². The summed E-state index contributed by atoms with van der Waals surface area (Å²) in [6.07, 6.45) is 5.58. The van der Waals surface area contributed by atoms with Crippen LogP contribution in [-0.2, 0) is 14.3 Å². The van der Waals surface area contributed by atoms with Crippen molar-refractivity contribution < 1.29 is 23.9 Å². The number of ether oxygens (including phenoxy) is 1. The molecule has 1 saturated carbocycles. The van der Waals surface area contributed by atoms with Gasteiger partial charge in [0.2, 0.25) is 5.91 Å². The number of benzene rings is 1. The smallest absolute Gasteiger partial charge is 0.339 e. The average Bonchev–Trinajstić information content (AvgIpc) is 3.29. The number of carbonyl (C=O) groups is 4. The van der Waals surface area contributed by atoms with Crippen LogP contribution in [0, 0.1) is 0 Å². The molecule has 2 aromatic rings. The van der Waals surface area contributed by atoms with Crippen LogP contribution in [0.4, 0.5) is 5.00 Å². The Bertz CT molecular complexity index is 1020. The zero-order valence-corrected chi connectivity index (χ0v) is 20.0. The first-order valence-electron chi connectivity index (χ1n) is 10.7. The van der Waals surface area contributed by atoms with Crippen molar-refractivity contribution in [3.8, 4) is 0 Å². The van der Waals surface area contributed by atoms with Gasteiger partial charge in [-0.3, -0.25) is 14.4 Å². The highest BCUT2D eigenvalue weighted by atomic mass is 32.2. The molecule has 1 aromatic heterocycles. The van der Waals surface area contributed by atoms with Crippen LogP contribution < -0.4 is 11.1 Å². The van der Waals surface area contributed by atoms with Crippen molar-refractivity contribution >= 4 is 51.8 Å². The third kappa shape index (κ3) is 6.82. The summed E-state index contributed by atoms with van der Waals surface area (Å²) in [5.41, 5.74) is 5.75. The van der Waals surface area contributed by atoms with Gasteiger partial charge in [0.05, 0.1) is 16.9 Å². The van der Waals surface area contributed by atoms with Crippen LogP contribution in [0.2, 0.25) is 0 Å². The number of esters is 1. The molecule has 8 nitrogen and oxygen atoms in total. The van der Waals surface area contributed by atoms with Crippen LogP contribution in [0.1, 0.15) is 52.8 Å². The fourth-order valence-electron chi connectivity index (χ4n) is 3.65. The Hall–Kier alpha value is -2.85.